The SMILES string of the molecule is C#CC(C)Oc1cc(C(C)=O)ccn1. The minimum absolute atomic E-state index is 0.0226. The third-order valence-corrected chi connectivity index (χ3v) is 1.67. The predicted octanol–water partition coefficient (Wildman–Crippen LogP) is 1.68. The van der Waals surface area contributed by atoms with E-state index in [1.807, 2.05) is 0 Å². The van der Waals surface area contributed by atoms with Crippen LogP contribution in [0, 0.1) is 12.3 Å². The van der Waals surface area contributed by atoms with Crippen LogP contribution in [0.1, 0.15) is 24.2 Å². The Hall–Kier alpha value is -1.82. The molecule has 0 aliphatic heterocycles. The number of ketones is 1. The zero-order valence-electron chi connectivity index (χ0n) is 8.15. The van der Waals surface area contributed by atoms with Gasteiger partial charge in [-0.2, -0.15) is 0 Å². The molecule has 0 fully saturated rings. The van der Waals surface area contributed by atoms with E-state index < -0.39 is 0 Å². The molecule has 0 amide bonds. The van der Waals surface area contributed by atoms with Crippen LogP contribution in [0.3, 0.4) is 0 Å². The monoisotopic (exact) mass is 189 g/mol. The molecule has 1 atom stereocenters. The third kappa shape index (κ3) is 2.60. The van der Waals surface area contributed by atoms with Crippen LogP contribution in [0.15, 0.2) is 18.3 Å². The molecular weight excluding hydrogens is 178 g/mol. The van der Waals surface area contributed by atoms with Crippen LogP contribution in [0.25, 0.3) is 0 Å². The highest BCUT2D eigenvalue weighted by atomic mass is 16.5. The average Bonchev–Trinajstić information content (AvgIpc) is 2.18. The quantitative estimate of drug-likeness (QED) is 0.536. The minimum atomic E-state index is -0.343. The molecule has 1 heterocycles. The molecule has 0 spiro atoms. The second-order valence-corrected chi connectivity index (χ2v) is 2.87. The Morgan fingerprint density at radius 2 is 2.43 bits per heavy atom. The molecular formula is C11H11NO2. The topological polar surface area (TPSA) is 39.2 Å². The van der Waals surface area contributed by atoms with Crippen molar-refractivity contribution >= 4 is 5.78 Å². The lowest BCUT2D eigenvalue weighted by molar-refractivity contribution is 0.101. The fourth-order valence-electron chi connectivity index (χ4n) is 0.908. The van der Waals surface area contributed by atoms with E-state index in [0.717, 1.165) is 0 Å². The normalized spacial score (nSPS) is 11.5. The Morgan fingerprint density at radius 3 is 3.00 bits per heavy atom. The van der Waals surface area contributed by atoms with Gasteiger partial charge in [0.1, 0.15) is 0 Å². The number of nitrogens with zero attached hydrogens (tertiary/aromatic N) is 1. The minimum Gasteiger partial charge on any atom is -0.461 e. The summed E-state index contributed by atoms with van der Waals surface area (Å²) in [5.41, 5.74) is 0.569. The Balaban J connectivity index is 2.85. The maximum atomic E-state index is 11.0. The number of pyridine rings is 1. The fraction of sp³-hybridized carbons (Fsp3) is 0.273. The highest BCUT2D eigenvalue weighted by molar-refractivity contribution is 5.94. The van der Waals surface area contributed by atoms with Crippen molar-refractivity contribution in [3.63, 3.8) is 0 Å². The molecule has 0 aliphatic carbocycles. The molecule has 0 saturated heterocycles. The first-order valence-corrected chi connectivity index (χ1v) is 4.23. The molecule has 0 bridgehead atoms. The standard InChI is InChI=1S/C11H11NO2/c1-4-8(2)14-11-7-10(9(3)13)5-6-12-11/h1,5-8H,2-3H3. The summed E-state index contributed by atoms with van der Waals surface area (Å²) < 4.78 is 5.25. The Kier molecular flexibility index (Phi) is 3.24. The van der Waals surface area contributed by atoms with Crippen LogP contribution in [-0.2, 0) is 0 Å². The van der Waals surface area contributed by atoms with E-state index in [9.17, 15) is 4.79 Å². The van der Waals surface area contributed by atoms with Crippen molar-refractivity contribution < 1.29 is 9.53 Å². The van der Waals surface area contributed by atoms with Crippen molar-refractivity contribution in [1.82, 2.24) is 4.98 Å². The van der Waals surface area contributed by atoms with Crippen LogP contribution >= 0.6 is 0 Å². The zero-order valence-corrected chi connectivity index (χ0v) is 8.15. The Labute approximate surface area is 83.1 Å². The summed E-state index contributed by atoms with van der Waals surface area (Å²) in [5, 5.41) is 0. The summed E-state index contributed by atoms with van der Waals surface area (Å²) in [4.78, 5) is 15.0. The van der Waals surface area contributed by atoms with Gasteiger partial charge in [0.25, 0.3) is 0 Å². The largest absolute Gasteiger partial charge is 0.461 e. The number of carbonyl (C=O) groups excluding carboxylic acids is 1. The van der Waals surface area contributed by atoms with Gasteiger partial charge in [-0.15, -0.1) is 6.42 Å². The molecule has 1 aromatic rings. The molecule has 0 N–H and O–H groups in total. The van der Waals surface area contributed by atoms with Crippen LogP contribution in [0.4, 0.5) is 0 Å². The van der Waals surface area contributed by atoms with Gasteiger partial charge < -0.3 is 4.74 Å². The van der Waals surface area contributed by atoms with Crippen LogP contribution < -0.4 is 4.74 Å². The van der Waals surface area contributed by atoms with E-state index in [1.54, 1.807) is 19.1 Å². The average molecular weight is 189 g/mol. The van der Waals surface area contributed by atoms with E-state index in [2.05, 4.69) is 10.9 Å². The molecule has 1 rings (SSSR count). The molecule has 3 nitrogen and oxygen atoms in total. The van der Waals surface area contributed by atoms with Gasteiger partial charge in [0.05, 0.1) is 0 Å². The first-order valence-electron chi connectivity index (χ1n) is 4.23. The fourth-order valence-corrected chi connectivity index (χ4v) is 0.908. The summed E-state index contributed by atoms with van der Waals surface area (Å²) in [6, 6.07) is 3.21. The molecule has 0 aliphatic rings. The van der Waals surface area contributed by atoms with Gasteiger partial charge in [-0.1, -0.05) is 5.92 Å². The second kappa shape index (κ2) is 4.43. The van der Waals surface area contributed by atoms with Gasteiger partial charge in [-0.05, 0) is 19.9 Å². The number of Topliss-reactive ketones (excluding diaryl/α,β-unsaturated/α-hetero) is 1. The summed E-state index contributed by atoms with van der Waals surface area (Å²) in [6.07, 6.45) is 6.33. The lowest BCUT2D eigenvalue weighted by atomic mass is 10.2. The number of terminal acetylenes is 1. The smallest absolute Gasteiger partial charge is 0.215 e. The molecule has 0 radical (unpaired) electrons. The maximum absolute atomic E-state index is 11.0. The molecule has 72 valence electrons. The Bertz CT molecular complexity index is 379. The molecule has 0 aromatic carbocycles. The summed E-state index contributed by atoms with van der Waals surface area (Å²) >= 11 is 0. The molecule has 14 heavy (non-hydrogen) atoms. The van der Waals surface area contributed by atoms with E-state index in [1.165, 1.54) is 13.1 Å². The van der Waals surface area contributed by atoms with Crippen molar-refractivity contribution in [3.8, 4) is 18.2 Å². The second-order valence-electron chi connectivity index (χ2n) is 2.87. The van der Waals surface area contributed by atoms with Crippen LogP contribution in [-0.4, -0.2) is 16.9 Å². The summed E-state index contributed by atoms with van der Waals surface area (Å²) in [5.74, 6) is 2.77. The summed E-state index contributed by atoms with van der Waals surface area (Å²) in [7, 11) is 0. The van der Waals surface area contributed by atoms with Crippen molar-refractivity contribution in [2.75, 3.05) is 0 Å². The number of carbonyl (C=O) groups is 1. The zero-order chi connectivity index (χ0) is 10.6. The lowest BCUT2D eigenvalue weighted by Crippen LogP contribution is -2.09. The van der Waals surface area contributed by atoms with Crippen molar-refractivity contribution in [2.24, 2.45) is 0 Å². The van der Waals surface area contributed by atoms with E-state index in [0.29, 0.717) is 11.4 Å². The summed E-state index contributed by atoms with van der Waals surface area (Å²) in [6.45, 7) is 3.23. The van der Waals surface area contributed by atoms with Crippen molar-refractivity contribution in [1.29, 1.82) is 0 Å². The van der Waals surface area contributed by atoms with Gasteiger partial charge in [0, 0.05) is 17.8 Å². The molecule has 1 unspecified atom stereocenters. The lowest BCUT2D eigenvalue weighted by Gasteiger charge is -2.07. The highest BCUT2D eigenvalue weighted by Crippen LogP contribution is 2.11. The van der Waals surface area contributed by atoms with Gasteiger partial charge in [0.2, 0.25) is 5.88 Å². The number of ether oxygens (including phenoxy) is 1. The van der Waals surface area contributed by atoms with Crippen molar-refractivity contribution in [2.45, 2.75) is 20.0 Å². The molecule has 3 heteroatoms. The van der Waals surface area contributed by atoms with Gasteiger partial charge in [-0.3, -0.25) is 4.79 Å². The third-order valence-electron chi connectivity index (χ3n) is 1.67. The number of rotatable bonds is 3. The van der Waals surface area contributed by atoms with E-state index in [-0.39, 0.29) is 11.9 Å². The number of hydrogen-bond donors (Lipinski definition) is 0. The van der Waals surface area contributed by atoms with E-state index in [4.69, 9.17) is 11.2 Å². The van der Waals surface area contributed by atoms with E-state index >= 15 is 0 Å². The first kappa shape index (κ1) is 10.3. The maximum Gasteiger partial charge on any atom is 0.215 e. The number of hydrogen-bond acceptors (Lipinski definition) is 3. The van der Waals surface area contributed by atoms with Gasteiger partial charge in [0.15, 0.2) is 11.9 Å². The van der Waals surface area contributed by atoms with Crippen LogP contribution in [0.5, 0.6) is 5.88 Å². The highest BCUT2D eigenvalue weighted by Gasteiger charge is 2.04. The first-order chi connectivity index (χ1) is 6.63. The Morgan fingerprint density at radius 1 is 1.71 bits per heavy atom. The van der Waals surface area contributed by atoms with Crippen molar-refractivity contribution in [3.05, 3.63) is 23.9 Å². The predicted molar refractivity (Wildman–Crippen MR) is 53.2 cm³/mol. The van der Waals surface area contributed by atoms with Gasteiger partial charge in [-0.25, -0.2) is 4.98 Å². The van der Waals surface area contributed by atoms with Gasteiger partial charge >= 0.3 is 0 Å². The molecule has 1 aromatic heterocycles. The molecule has 0 saturated carbocycles. The van der Waals surface area contributed by atoms with Crippen LogP contribution in [0.2, 0.25) is 0 Å². The number of aromatic nitrogens is 1.